The number of methoxy groups -OCH3 is 1. The maximum atomic E-state index is 5.96. The fourth-order valence-corrected chi connectivity index (χ4v) is 1.61. The van der Waals surface area contributed by atoms with Gasteiger partial charge in [-0.15, -0.1) is 0 Å². The lowest BCUT2D eigenvalue weighted by Crippen LogP contribution is -2.27. The van der Waals surface area contributed by atoms with Crippen molar-refractivity contribution in [2.45, 2.75) is 13.5 Å². The van der Waals surface area contributed by atoms with Crippen LogP contribution in [0.3, 0.4) is 0 Å². The number of hydrogen-bond donors (Lipinski definition) is 1. The van der Waals surface area contributed by atoms with Crippen molar-refractivity contribution in [1.82, 2.24) is 4.98 Å². The van der Waals surface area contributed by atoms with Crippen LogP contribution < -0.4 is 10.6 Å². The van der Waals surface area contributed by atoms with Crippen molar-refractivity contribution < 1.29 is 4.74 Å². The van der Waals surface area contributed by atoms with Crippen LogP contribution in [0, 0.1) is 0 Å². The van der Waals surface area contributed by atoms with Crippen molar-refractivity contribution in [1.29, 1.82) is 0 Å². The van der Waals surface area contributed by atoms with Crippen LogP contribution in [-0.4, -0.2) is 31.8 Å². The first-order chi connectivity index (χ1) is 7.72. The molecule has 0 saturated carbocycles. The number of pyridine rings is 1. The van der Waals surface area contributed by atoms with Crippen LogP contribution in [0.15, 0.2) is 12.3 Å². The Kier molecular flexibility index (Phi) is 5.52. The Bertz CT molecular complexity index is 333. The molecule has 0 radical (unpaired) electrons. The molecule has 16 heavy (non-hydrogen) atoms. The number of halogens is 1. The Balaban J connectivity index is 2.83. The van der Waals surface area contributed by atoms with E-state index in [0.29, 0.717) is 18.2 Å². The van der Waals surface area contributed by atoms with E-state index in [1.54, 1.807) is 13.3 Å². The number of nitrogens with two attached hydrogens (primary N) is 1. The SMILES string of the molecule is CCN(CCOC)c1cc(CN)c(Cl)cn1. The summed E-state index contributed by atoms with van der Waals surface area (Å²) in [6.45, 7) is 4.87. The summed E-state index contributed by atoms with van der Waals surface area (Å²) < 4.78 is 5.06. The first-order valence-corrected chi connectivity index (χ1v) is 5.69. The molecule has 1 aromatic heterocycles. The van der Waals surface area contributed by atoms with Crippen molar-refractivity contribution >= 4 is 17.4 Å². The topological polar surface area (TPSA) is 51.4 Å². The normalized spacial score (nSPS) is 10.5. The van der Waals surface area contributed by atoms with E-state index in [4.69, 9.17) is 22.1 Å². The first-order valence-electron chi connectivity index (χ1n) is 5.31. The summed E-state index contributed by atoms with van der Waals surface area (Å²) in [4.78, 5) is 6.42. The van der Waals surface area contributed by atoms with Crippen LogP contribution in [0.2, 0.25) is 5.02 Å². The van der Waals surface area contributed by atoms with Crippen LogP contribution in [0.25, 0.3) is 0 Å². The lowest BCUT2D eigenvalue weighted by atomic mass is 10.2. The van der Waals surface area contributed by atoms with Crippen molar-refractivity contribution in [3.05, 3.63) is 22.8 Å². The van der Waals surface area contributed by atoms with Crippen molar-refractivity contribution in [2.75, 3.05) is 31.7 Å². The van der Waals surface area contributed by atoms with E-state index in [-0.39, 0.29) is 0 Å². The summed E-state index contributed by atoms with van der Waals surface area (Å²) in [5, 5.41) is 0.619. The van der Waals surface area contributed by atoms with Gasteiger partial charge in [0.05, 0.1) is 11.6 Å². The van der Waals surface area contributed by atoms with Gasteiger partial charge in [0.1, 0.15) is 5.82 Å². The molecule has 0 atom stereocenters. The van der Waals surface area contributed by atoms with Crippen LogP contribution in [0.4, 0.5) is 5.82 Å². The average Bonchev–Trinajstić information content (AvgIpc) is 2.32. The van der Waals surface area contributed by atoms with E-state index in [9.17, 15) is 0 Å². The molecule has 0 aliphatic carbocycles. The second kappa shape index (κ2) is 6.68. The number of likely N-dealkylation sites (N-methyl/N-ethyl adjacent to an activating group) is 1. The van der Waals surface area contributed by atoms with E-state index < -0.39 is 0 Å². The summed E-state index contributed by atoms with van der Waals surface area (Å²) >= 11 is 5.96. The second-order valence-electron chi connectivity index (χ2n) is 3.41. The molecule has 2 N–H and O–H groups in total. The van der Waals surface area contributed by atoms with Crippen molar-refractivity contribution in [3.63, 3.8) is 0 Å². The van der Waals surface area contributed by atoms with Gasteiger partial charge in [-0.3, -0.25) is 0 Å². The lowest BCUT2D eigenvalue weighted by Gasteiger charge is -2.22. The molecule has 1 rings (SSSR count). The number of rotatable bonds is 6. The Morgan fingerprint density at radius 1 is 1.56 bits per heavy atom. The standard InChI is InChI=1S/C11H18ClN3O/c1-3-15(4-5-16-2)11-6-9(7-13)10(12)8-14-11/h6,8H,3-5,7,13H2,1-2H3. The zero-order chi connectivity index (χ0) is 12.0. The average molecular weight is 244 g/mol. The van der Waals surface area contributed by atoms with Gasteiger partial charge >= 0.3 is 0 Å². The Morgan fingerprint density at radius 3 is 2.88 bits per heavy atom. The number of anilines is 1. The van der Waals surface area contributed by atoms with Gasteiger partial charge in [0.15, 0.2) is 0 Å². The van der Waals surface area contributed by atoms with Crippen molar-refractivity contribution in [3.8, 4) is 0 Å². The van der Waals surface area contributed by atoms with E-state index >= 15 is 0 Å². The highest BCUT2D eigenvalue weighted by atomic mass is 35.5. The summed E-state index contributed by atoms with van der Waals surface area (Å²) in [6.07, 6.45) is 1.65. The van der Waals surface area contributed by atoms with Gasteiger partial charge in [0.25, 0.3) is 0 Å². The highest BCUT2D eigenvalue weighted by molar-refractivity contribution is 6.31. The molecule has 0 saturated heterocycles. The summed E-state index contributed by atoms with van der Waals surface area (Å²) in [6, 6.07) is 1.93. The van der Waals surface area contributed by atoms with E-state index in [1.165, 1.54) is 0 Å². The molecule has 0 spiro atoms. The van der Waals surface area contributed by atoms with E-state index in [1.807, 2.05) is 6.07 Å². The van der Waals surface area contributed by atoms with Gasteiger partial charge in [-0.2, -0.15) is 0 Å². The first kappa shape index (κ1) is 13.2. The van der Waals surface area contributed by atoms with E-state index in [2.05, 4.69) is 16.8 Å². The highest BCUT2D eigenvalue weighted by Gasteiger charge is 2.08. The molecule has 1 heterocycles. The molecule has 1 aromatic rings. The van der Waals surface area contributed by atoms with Gasteiger partial charge in [-0.05, 0) is 18.6 Å². The maximum absolute atomic E-state index is 5.96. The minimum atomic E-state index is 0.427. The van der Waals surface area contributed by atoms with Crippen LogP contribution in [-0.2, 0) is 11.3 Å². The quantitative estimate of drug-likeness (QED) is 0.826. The number of aromatic nitrogens is 1. The predicted octanol–water partition coefficient (Wildman–Crippen LogP) is 1.67. The zero-order valence-electron chi connectivity index (χ0n) is 9.74. The third-order valence-corrected chi connectivity index (χ3v) is 2.75. The molecule has 5 heteroatoms. The summed E-state index contributed by atoms with van der Waals surface area (Å²) in [7, 11) is 1.69. The molecule has 0 aromatic carbocycles. The van der Waals surface area contributed by atoms with Crippen LogP contribution in [0.1, 0.15) is 12.5 Å². The van der Waals surface area contributed by atoms with Gasteiger partial charge in [-0.1, -0.05) is 11.6 Å². The number of hydrogen-bond acceptors (Lipinski definition) is 4. The summed E-state index contributed by atoms with van der Waals surface area (Å²) in [5.74, 6) is 0.893. The molecule has 0 amide bonds. The molecule has 0 bridgehead atoms. The molecule has 0 unspecified atom stereocenters. The van der Waals surface area contributed by atoms with Crippen LogP contribution in [0.5, 0.6) is 0 Å². The Hall–Kier alpha value is -0.840. The smallest absolute Gasteiger partial charge is 0.128 e. The largest absolute Gasteiger partial charge is 0.383 e. The Morgan fingerprint density at radius 2 is 2.31 bits per heavy atom. The summed E-state index contributed by atoms with van der Waals surface area (Å²) in [5.41, 5.74) is 6.52. The molecule has 90 valence electrons. The van der Waals surface area contributed by atoms with Gasteiger partial charge < -0.3 is 15.4 Å². The van der Waals surface area contributed by atoms with Gasteiger partial charge in [0.2, 0.25) is 0 Å². The Labute approximate surface area is 101 Å². The molecule has 0 aliphatic rings. The lowest BCUT2D eigenvalue weighted by molar-refractivity contribution is 0.205. The highest BCUT2D eigenvalue weighted by Crippen LogP contribution is 2.19. The number of ether oxygens (including phenoxy) is 1. The third-order valence-electron chi connectivity index (χ3n) is 2.41. The van der Waals surface area contributed by atoms with Gasteiger partial charge in [-0.25, -0.2) is 4.98 Å². The second-order valence-corrected chi connectivity index (χ2v) is 3.82. The molecule has 0 fully saturated rings. The third kappa shape index (κ3) is 3.33. The fourth-order valence-electron chi connectivity index (χ4n) is 1.43. The fraction of sp³-hybridized carbons (Fsp3) is 0.545. The molecule has 4 nitrogen and oxygen atoms in total. The van der Waals surface area contributed by atoms with Gasteiger partial charge in [0, 0.05) is 32.9 Å². The number of nitrogens with zero attached hydrogens (tertiary/aromatic N) is 2. The minimum absolute atomic E-state index is 0.427. The van der Waals surface area contributed by atoms with E-state index in [0.717, 1.165) is 24.5 Å². The van der Waals surface area contributed by atoms with Crippen molar-refractivity contribution in [2.24, 2.45) is 5.73 Å². The molecular formula is C11H18ClN3O. The zero-order valence-corrected chi connectivity index (χ0v) is 10.5. The predicted molar refractivity (Wildman–Crippen MR) is 66.9 cm³/mol. The molecular weight excluding hydrogens is 226 g/mol. The monoisotopic (exact) mass is 243 g/mol. The maximum Gasteiger partial charge on any atom is 0.128 e. The molecule has 0 aliphatic heterocycles. The van der Waals surface area contributed by atoms with Crippen LogP contribution >= 0.6 is 11.6 Å². The minimum Gasteiger partial charge on any atom is -0.383 e.